The first-order valence-corrected chi connectivity index (χ1v) is 49.8. The van der Waals surface area contributed by atoms with Crippen molar-refractivity contribution in [2.45, 2.75) is 264 Å². The van der Waals surface area contributed by atoms with E-state index in [1.165, 1.54) is 11.8 Å². The summed E-state index contributed by atoms with van der Waals surface area (Å²) in [5, 5.41) is 30.8. The maximum absolute atomic E-state index is 13.9. The summed E-state index contributed by atoms with van der Waals surface area (Å²) in [6.45, 7) is 18.3. The van der Waals surface area contributed by atoms with Gasteiger partial charge < -0.3 is 142 Å². The predicted molar refractivity (Wildman–Crippen MR) is 520 cm³/mol. The van der Waals surface area contributed by atoms with Crippen LogP contribution >= 0.6 is 11.8 Å². The van der Waals surface area contributed by atoms with E-state index in [9.17, 15) is 62.6 Å². The van der Waals surface area contributed by atoms with Crippen LogP contribution in [0.4, 0.5) is 0 Å². The van der Waals surface area contributed by atoms with Crippen molar-refractivity contribution in [2.24, 2.45) is 108 Å². The summed E-state index contributed by atoms with van der Waals surface area (Å²) in [6, 6.07) is -2.13. The van der Waals surface area contributed by atoms with Gasteiger partial charge in [0.2, 0.25) is 11.8 Å². The van der Waals surface area contributed by atoms with E-state index in [1.807, 2.05) is 9.80 Å². The Kier molecular flexibility index (Phi) is 85.8. The standard InChI is InChI=1S/C54H103N15O13S.C37H73N5O9/c1-39(13-9-21-55)37-64-25-17-46(73)79-30-5-6-31-80-47(74)18-27-69(26-3-2-4-29-70)28-19-48(75)81-32-7-8-33-82-49(76)20-34-83-38-42(56)51(78)68-43(16-12-24-67-54(62)63)45(72)35-40(14-10-22-65-52(58)59)44(71)36-41(50(57)77)15-11-23-66-53(60)61;1-32(12-10-18-38)30-40-20-14-34(44)48-26-6-8-28-50-36(46)16-23-42(22-4-3-5-25-43)24-17-37(47)51-29-9-7-27-49-35(45)15-21-41-31-33(2)13-11-19-39/h39-43,64,70H,2-38,55-56H2,1H3,(H2,57,77)(H,68,78)(H4,58,59,65)(H4,60,61,66)(H4,62,63,67);32-33,40-41,43H,3-31,38-39H2,1-2H3. The van der Waals surface area contributed by atoms with Crippen LogP contribution in [0.2, 0.25) is 0 Å². The lowest BCUT2D eigenvalue weighted by Crippen LogP contribution is -2.50. The van der Waals surface area contributed by atoms with Gasteiger partial charge in [0.25, 0.3) is 0 Å². The fourth-order valence-corrected chi connectivity index (χ4v) is 14.1. The van der Waals surface area contributed by atoms with Crippen molar-refractivity contribution >= 4 is 101 Å². The highest BCUT2D eigenvalue weighted by atomic mass is 32.2. The number of carbonyl (C=O) groups excluding carboxylic acids is 12. The van der Waals surface area contributed by atoms with Crippen molar-refractivity contribution < 1.29 is 106 Å². The number of carbonyl (C=O) groups is 12. The maximum atomic E-state index is 13.9. The summed E-state index contributed by atoms with van der Waals surface area (Å²) in [7, 11) is 0. The van der Waals surface area contributed by atoms with Crippen molar-refractivity contribution in [3.63, 3.8) is 0 Å². The van der Waals surface area contributed by atoms with Crippen LogP contribution in [0.25, 0.3) is 0 Å². The number of esters is 8. The number of aliphatic imine (C=N–C) groups is 3. The smallest absolute Gasteiger partial charge is 0.307 e. The molecule has 0 aliphatic carbocycles. The summed E-state index contributed by atoms with van der Waals surface area (Å²) in [5.41, 5.74) is 61.1. The van der Waals surface area contributed by atoms with Crippen LogP contribution in [0.15, 0.2) is 15.0 Å². The maximum Gasteiger partial charge on any atom is 0.307 e. The molecule has 0 rings (SSSR count). The number of thioether (sulfide) groups is 1. The normalized spacial score (nSPS) is 12.7. The zero-order valence-electron chi connectivity index (χ0n) is 81.3. The molecule has 0 radical (unpaired) electrons. The number of unbranched alkanes of at least 4 members (excludes halogenated alkanes) is 8. The Morgan fingerprint density at radius 3 is 0.948 bits per heavy atom. The van der Waals surface area contributed by atoms with Crippen LogP contribution in [0, 0.1) is 29.6 Å². The predicted octanol–water partition coefficient (Wildman–Crippen LogP) is 1.73. The second-order valence-corrected chi connectivity index (χ2v) is 34.9. The molecule has 0 aromatic heterocycles. The molecule has 2 amide bonds. The largest absolute Gasteiger partial charge is 0.466 e. The number of nitrogens with zero attached hydrogens (tertiary/aromatic N) is 5. The van der Waals surface area contributed by atoms with Crippen molar-refractivity contribution in [3.8, 4) is 0 Å². The van der Waals surface area contributed by atoms with Gasteiger partial charge in [0, 0.05) is 115 Å². The Labute approximate surface area is 800 Å². The third-order valence-corrected chi connectivity index (χ3v) is 22.3. The van der Waals surface area contributed by atoms with Gasteiger partial charge in [0.05, 0.1) is 116 Å². The Hall–Kier alpha value is -8.24. The van der Waals surface area contributed by atoms with Gasteiger partial charge in [-0.05, 0) is 237 Å². The number of nitrogens with two attached hydrogens (primary N) is 11. The molecule has 42 nitrogen and oxygen atoms in total. The van der Waals surface area contributed by atoms with Gasteiger partial charge in [-0.3, -0.25) is 72.5 Å². The Balaban J connectivity index is 0. The van der Waals surface area contributed by atoms with E-state index in [-0.39, 0.29) is 214 Å². The molecule has 7 unspecified atom stereocenters. The summed E-state index contributed by atoms with van der Waals surface area (Å²) in [5.74, 6) is -4.93. The Morgan fingerprint density at radius 2 is 0.642 bits per heavy atom. The number of aliphatic hydroxyl groups excluding tert-OH is 2. The number of guanidine groups is 3. The summed E-state index contributed by atoms with van der Waals surface area (Å²) < 4.78 is 42.6. The molecular weight excluding hydrogens is 1760 g/mol. The van der Waals surface area contributed by atoms with Gasteiger partial charge >= 0.3 is 47.8 Å². The summed E-state index contributed by atoms with van der Waals surface area (Å²) in [4.78, 5) is 167. The number of aliphatic hydroxyl groups is 2. The molecule has 778 valence electrons. The third-order valence-electron chi connectivity index (χ3n) is 21.3. The monoisotopic (exact) mass is 1930 g/mol. The molecule has 134 heavy (non-hydrogen) atoms. The van der Waals surface area contributed by atoms with E-state index in [0.29, 0.717) is 206 Å². The number of primary amides is 1. The van der Waals surface area contributed by atoms with Crippen LogP contribution in [-0.4, -0.2) is 316 Å². The van der Waals surface area contributed by atoms with Gasteiger partial charge in [0.1, 0.15) is 5.78 Å². The van der Waals surface area contributed by atoms with E-state index in [2.05, 4.69) is 57.0 Å². The fourth-order valence-electron chi connectivity index (χ4n) is 13.3. The lowest BCUT2D eigenvalue weighted by atomic mass is 9.84. The van der Waals surface area contributed by atoms with Crippen LogP contribution in [0.5, 0.6) is 0 Å². The van der Waals surface area contributed by atoms with Crippen molar-refractivity contribution in [1.82, 2.24) is 31.1 Å². The first-order chi connectivity index (χ1) is 64.4. The van der Waals surface area contributed by atoms with E-state index >= 15 is 0 Å². The van der Waals surface area contributed by atoms with Gasteiger partial charge in [-0.2, -0.15) is 11.8 Å². The van der Waals surface area contributed by atoms with Crippen LogP contribution in [0.1, 0.15) is 252 Å². The molecule has 28 N–H and O–H groups in total. The first kappa shape index (κ1) is 128. The van der Waals surface area contributed by atoms with Gasteiger partial charge in [-0.15, -0.1) is 0 Å². The highest BCUT2D eigenvalue weighted by molar-refractivity contribution is 7.99. The van der Waals surface area contributed by atoms with Crippen molar-refractivity contribution in [2.75, 3.05) is 195 Å². The molecule has 7 atom stereocenters. The minimum atomic E-state index is -1.07. The number of Topliss-reactive ketones (excluding diaryl/α,β-unsaturated/α-hetero) is 2. The number of nitrogens with one attached hydrogen (secondary N) is 4. The van der Waals surface area contributed by atoms with Gasteiger partial charge in [-0.1, -0.05) is 20.8 Å². The number of ether oxygens (including phenoxy) is 8. The van der Waals surface area contributed by atoms with Crippen LogP contribution in [0.3, 0.4) is 0 Å². The molecule has 0 saturated carbocycles. The zero-order chi connectivity index (χ0) is 99.8. The number of hydrogen-bond donors (Lipinski definition) is 17. The Morgan fingerprint density at radius 1 is 0.343 bits per heavy atom. The molecule has 0 aliphatic heterocycles. The van der Waals surface area contributed by atoms with E-state index in [0.717, 1.165) is 83.8 Å². The number of amides is 2. The van der Waals surface area contributed by atoms with Gasteiger partial charge in [0.15, 0.2) is 23.7 Å². The SMILES string of the molecule is CC(CCCN)CNCCC(=O)OCCCCOC(=O)CCN(CCCCCO)CCC(=O)OCCCCOC(=O)CCNCC(C)CCCN.CC(CCCN)CNCCC(=O)OCCCCOC(=O)CCN(CCCCCO)CCC(=O)OCCCCOC(=O)CCSCC(N)C(=O)NC(CCCN=C(N)N)C(=O)CC(CCCN=C(N)N)C(=O)CC(CCCN=C(N)N)C(N)=O. The molecule has 0 saturated heterocycles. The van der Waals surface area contributed by atoms with Gasteiger partial charge in [-0.25, -0.2) is 0 Å². The summed E-state index contributed by atoms with van der Waals surface area (Å²) >= 11 is 1.24. The lowest BCUT2D eigenvalue weighted by molar-refractivity contribution is -0.147. The molecule has 0 bridgehead atoms. The Bertz CT molecular complexity index is 3120. The fraction of sp³-hybridized carbons (Fsp3) is 0.835. The average molecular weight is 1930 g/mol. The molecule has 0 fully saturated rings. The third kappa shape index (κ3) is 84.3. The summed E-state index contributed by atoms with van der Waals surface area (Å²) in [6.07, 6.45) is 17.9. The second kappa shape index (κ2) is 89.9. The zero-order valence-corrected chi connectivity index (χ0v) is 82.1. The molecule has 0 heterocycles. The minimum absolute atomic E-state index is 0.0353. The van der Waals surface area contributed by atoms with E-state index in [1.54, 1.807) is 0 Å². The van der Waals surface area contributed by atoms with Crippen molar-refractivity contribution in [3.05, 3.63) is 0 Å². The van der Waals surface area contributed by atoms with Crippen LogP contribution < -0.4 is 84.3 Å². The highest BCUT2D eigenvalue weighted by Crippen LogP contribution is 2.23. The van der Waals surface area contributed by atoms with E-state index in [4.69, 9.17) is 106 Å². The van der Waals surface area contributed by atoms with Crippen LogP contribution in [-0.2, 0) is 95.4 Å². The van der Waals surface area contributed by atoms with E-state index < -0.39 is 53.5 Å². The minimum Gasteiger partial charge on any atom is -0.466 e. The number of ketones is 2. The highest BCUT2D eigenvalue weighted by Gasteiger charge is 2.31. The number of rotatable bonds is 92. The topological polar surface area (TPSA) is 697 Å². The molecule has 0 aliphatic rings. The second-order valence-electron chi connectivity index (χ2n) is 33.8. The lowest BCUT2D eigenvalue weighted by Gasteiger charge is -2.23. The molecule has 0 aromatic rings. The quantitative estimate of drug-likeness (QED) is 0.0135. The molecular formula is C91H176N20O22S. The number of hydrogen-bond acceptors (Lipinski definition) is 35. The molecule has 0 spiro atoms. The molecule has 0 aromatic carbocycles. The van der Waals surface area contributed by atoms with Crippen molar-refractivity contribution in [1.29, 1.82) is 0 Å². The average Bonchev–Trinajstić information content (AvgIpc) is 0.867. The molecule has 43 heteroatoms. The first-order valence-electron chi connectivity index (χ1n) is 48.7.